The van der Waals surface area contributed by atoms with Crippen LogP contribution in [0, 0.1) is 5.92 Å². The van der Waals surface area contributed by atoms with E-state index in [0.717, 1.165) is 19.6 Å². The van der Waals surface area contributed by atoms with Crippen LogP contribution in [0.3, 0.4) is 0 Å². The van der Waals surface area contributed by atoms with Gasteiger partial charge in [-0.2, -0.15) is 11.8 Å². The molecule has 3 N–H and O–H groups in total. The molecule has 0 aromatic heterocycles. The lowest BCUT2D eigenvalue weighted by Crippen LogP contribution is -2.47. The molecule has 1 aliphatic heterocycles. The maximum absolute atomic E-state index is 11.1. The zero-order valence-electron chi connectivity index (χ0n) is 10.4. The first-order valence-electron chi connectivity index (χ1n) is 5.80. The molecule has 1 amide bonds. The average Bonchev–Trinajstić information content (AvgIpc) is 2.62. The number of carbonyl (C=O) groups is 1. The lowest BCUT2D eigenvalue weighted by atomic mass is 10.1. The maximum atomic E-state index is 11.1. The molecule has 4 nitrogen and oxygen atoms in total. The van der Waals surface area contributed by atoms with E-state index in [1.165, 1.54) is 0 Å². The van der Waals surface area contributed by atoms with Gasteiger partial charge in [0, 0.05) is 30.9 Å². The summed E-state index contributed by atoms with van der Waals surface area (Å²) >= 11 is 1.87. The smallest absolute Gasteiger partial charge is 0.231 e. The van der Waals surface area contributed by atoms with Crippen molar-refractivity contribution in [3.8, 4) is 0 Å². The minimum absolute atomic E-state index is 0.229. The normalized spacial score (nSPS) is 25.6. The van der Waals surface area contributed by atoms with Crippen LogP contribution in [0.2, 0.25) is 0 Å². The Morgan fingerprint density at radius 2 is 2.25 bits per heavy atom. The highest BCUT2D eigenvalue weighted by Crippen LogP contribution is 2.20. The minimum atomic E-state index is -0.229. The number of nitrogens with one attached hydrogen (secondary N) is 1. The first-order chi connectivity index (χ1) is 7.54. The number of hydrogen-bond acceptors (Lipinski definition) is 4. The number of carbonyl (C=O) groups excluding carboxylic acids is 1. The molecule has 2 unspecified atom stereocenters. The van der Waals surface area contributed by atoms with Crippen molar-refractivity contribution >= 4 is 17.7 Å². The van der Waals surface area contributed by atoms with Crippen molar-refractivity contribution in [2.45, 2.75) is 25.1 Å². The Labute approximate surface area is 102 Å². The summed E-state index contributed by atoms with van der Waals surface area (Å²) < 4.78 is 0. The summed E-state index contributed by atoms with van der Waals surface area (Å²) in [6.45, 7) is 7.65. The van der Waals surface area contributed by atoms with Crippen LogP contribution in [0.5, 0.6) is 0 Å². The minimum Gasteiger partial charge on any atom is -0.369 e. The fourth-order valence-electron chi connectivity index (χ4n) is 2.23. The molecule has 0 aliphatic carbocycles. The first-order valence-corrected chi connectivity index (χ1v) is 7.09. The predicted molar refractivity (Wildman–Crippen MR) is 69.6 cm³/mol. The Hall–Kier alpha value is -0.260. The molecular weight excluding hydrogens is 222 g/mol. The van der Waals surface area contributed by atoms with Crippen LogP contribution < -0.4 is 11.1 Å². The SMILES string of the molecule is CSC1CNCC1N(CC(N)=O)CC(C)C. The molecule has 1 heterocycles. The molecule has 0 bridgehead atoms. The van der Waals surface area contributed by atoms with E-state index in [-0.39, 0.29) is 5.91 Å². The van der Waals surface area contributed by atoms with E-state index in [0.29, 0.717) is 23.8 Å². The topological polar surface area (TPSA) is 58.4 Å². The van der Waals surface area contributed by atoms with Crippen molar-refractivity contribution in [1.82, 2.24) is 10.2 Å². The largest absolute Gasteiger partial charge is 0.369 e. The third kappa shape index (κ3) is 3.96. The van der Waals surface area contributed by atoms with Gasteiger partial charge in [-0.1, -0.05) is 13.8 Å². The Morgan fingerprint density at radius 1 is 1.56 bits per heavy atom. The Bertz CT molecular complexity index is 235. The van der Waals surface area contributed by atoms with E-state index in [1.54, 1.807) is 0 Å². The zero-order valence-corrected chi connectivity index (χ0v) is 11.2. The van der Waals surface area contributed by atoms with Gasteiger partial charge in [-0.05, 0) is 12.2 Å². The molecule has 0 saturated carbocycles. The summed E-state index contributed by atoms with van der Waals surface area (Å²) in [5.41, 5.74) is 5.32. The Kier molecular flexibility index (Phi) is 5.58. The van der Waals surface area contributed by atoms with Gasteiger partial charge in [-0.3, -0.25) is 9.69 Å². The first kappa shape index (κ1) is 13.8. The molecule has 94 valence electrons. The van der Waals surface area contributed by atoms with Crippen molar-refractivity contribution in [2.75, 3.05) is 32.4 Å². The third-order valence-corrected chi connectivity index (χ3v) is 3.94. The summed E-state index contributed by atoms with van der Waals surface area (Å²) in [5.74, 6) is 0.329. The average molecular weight is 245 g/mol. The number of amides is 1. The fraction of sp³-hybridized carbons (Fsp3) is 0.909. The number of nitrogens with zero attached hydrogens (tertiary/aromatic N) is 1. The number of hydrogen-bond donors (Lipinski definition) is 2. The van der Waals surface area contributed by atoms with E-state index in [2.05, 4.69) is 30.3 Å². The summed E-state index contributed by atoms with van der Waals surface area (Å²) in [4.78, 5) is 13.3. The van der Waals surface area contributed by atoms with Crippen molar-refractivity contribution in [3.63, 3.8) is 0 Å². The van der Waals surface area contributed by atoms with Crippen LogP contribution in [-0.2, 0) is 4.79 Å². The van der Waals surface area contributed by atoms with E-state index < -0.39 is 0 Å². The molecule has 1 rings (SSSR count). The number of primary amides is 1. The van der Waals surface area contributed by atoms with Gasteiger partial charge in [0.2, 0.25) is 5.91 Å². The molecule has 1 fully saturated rings. The van der Waals surface area contributed by atoms with Crippen LogP contribution in [-0.4, -0.2) is 54.5 Å². The highest BCUT2D eigenvalue weighted by molar-refractivity contribution is 7.99. The maximum Gasteiger partial charge on any atom is 0.231 e. The van der Waals surface area contributed by atoms with Gasteiger partial charge in [0.05, 0.1) is 6.54 Å². The van der Waals surface area contributed by atoms with Gasteiger partial charge in [0.1, 0.15) is 0 Å². The molecule has 1 aliphatic rings. The second-order valence-electron chi connectivity index (χ2n) is 4.79. The molecular formula is C11H23N3OS. The van der Waals surface area contributed by atoms with Crippen LogP contribution in [0.4, 0.5) is 0 Å². The summed E-state index contributed by atoms with van der Waals surface area (Å²) in [6, 6.07) is 0.435. The number of rotatable bonds is 6. The molecule has 0 aromatic carbocycles. The number of thioether (sulfide) groups is 1. The summed E-state index contributed by atoms with van der Waals surface area (Å²) in [6.07, 6.45) is 2.13. The molecule has 0 spiro atoms. The standard InChI is InChI=1S/C11H23N3OS/c1-8(2)6-14(7-11(12)15)9-4-13-5-10(9)16-3/h8-10,13H,4-7H2,1-3H3,(H2,12,15). The predicted octanol–water partition coefficient (Wildman–Crippen LogP) is 0.133. The van der Waals surface area contributed by atoms with E-state index >= 15 is 0 Å². The Balaban J connectivity index is 2.62. The lowest BCUT2D eigenvalue weighted by molar-refractivity contribution is -0.119. The molecule has 16 heavy (non-hydrogen) atoms. The Morgan fingerprint density at radius 3 is 2.75 bits per heavy atom. The van der Waals surface area contributed by atoms with Gasteiger partial charge in [-0.15, -0.1) is 0 Å². The quantitative estimate of drug-likeness (QED) is 0.698. The van der Waals surface area contributed by atoms with Crippen LogP contribution in [0.15, 0.2) is 0 Å². The van der Waals surface area contributed by atoms with Crippen molar-refractivity contribution in [2.24, 2.45) is 11.7 Å². The van der Waals surface area contributed by atoms with Gasteiger partial charge in [0.15, 0.2) is 0 Å². The van der Waals surface area contributed by atoms with Gasteiger partial charge >= 0.3 is 0 Å². The molecule has 0 radical (unpaired) electrons. The van der Waals surface area contributed by atoms with E-state index in [1.807, 2.05) is 11.8 Å². The zero-order chi connectivity index (χ0) is 12.1. The molecule has 2 atom stereocenters. The summed E-state index contributed by atoms with van der Waals surface area (Å²) in [7, 11) is 0. The van der Waals surface area contributed by atoms with E-state index in [9.17, 15) is 4.79 Å². The molecule has 1 saturated heterocycles. The van der Waals surface area contributed by atoms with Crippen LogP contribution >= 0.6 is 11.8 Å². The summed E-state index contributed by atoms with van der Waals surface area (Å²) in [5, 5.41) is 3.95. The van der Waals surface area contributed by atoms with Crippen LogP contribution in [0.25, 0.3) is 0 Å². The van der Waals surface area contributed by atoms with Crippen LogP contribution in [0.1, 0.15) is 13.8 Å². The molecule has 5 heteroatoms. The molecule has 0 aromatic rings. The number of nitrogens with two attached hydrogens (primary N) is 1. The van der Waals surface area contributed by atoms with Crippen molar-refractivity contribution in [3.05, 3.63) is 0 Å². The third-order valence-electron chi connectivity index (χ3n) is 2.86. The second-order valence-corrected chi connectivity index (χ2v) is 5.87. The second kappa shape index (κ2) is 6.47. The highest BCUT2D eigenvalue weighted by atomic mass is 32.2. The monoisotopic (exact) mass is 245 g/mol. The highest BCUT2D eigenvalue weighted by Gasteiger charge is 2.32. The van der Waals surface area contributed by atoms with Gasteiger partial charge < -0.3 is 11.1 Å². The lowest BCUT2D eigenvalue weighted by Gasteiger charge is -2.32. The van der Waals surface area contributed by atoms with Gasteiger partial charge in [-0.25, -0.2) is 0 Å². The van der Waals surface area contributed by atoms with E-state index in [4.69, 9.17) is 5.73 Å². The fourth-order valence-corrected chi connectivity index (χ4v) is 3.10. The van der Waals surface area contributed by atoms with Crippen molar-refractivity contribution < 1.29 is 4.79 Å². The van der Waals surface area contributed by atoms with Gasteiger partial charge in [0.25, 0.3) is 0 Å². The van der Waals surface area contributed by atoms with Crippen molar-refractivity contribution in [1.29, 1.82) is 0 Å².